The van der Waals surface area contributed by atoms with Crippen molar-refractivity contribution >= 4 is 0 Å². The van der Waals surface area contributed by atoms with Crippen LogP contribution in [0, 0.1) is 5.82 Å². The van der Waals surface area contributed by atoms with Gasteiger partial charge in [0, 0.05) is 12.1 Å². The predicted octanol–water partition coefficient (Wildman–Crippen LogP) is 4.76. The molecule has 0 aliphatic rings. The summed E-state index contributed by atoms with van der Waals surface area (Å²) in [4.78, 5) is 0. The lowest BCUT2D eigenvalue weighted by Crippen LogP contribution is -2.14. The summed E-state index contributed by atoms with van der Waals surface area (Å²) in [6.07, 6.45) is 1.07. The molecular weight excluding hydrogens is 265 g/mol. The first kappa shape index (κ1) is 15.5. The van der Waals surface area contributed by atoms with Gasteiger partial charge in [0.2, 0.25) is 0 Å². The second kappa shape index (κ2) is 6.27. The molecule has 0 atom stereocenters. The number of rotatable bonds is 5. The van der Waals surface area contributed by atoms with Gasteiger partial charge in [-0.15, -0.1) is 0 Å². The van der Waals surface area contributed by atoms with Gasteiger partial charge in [-0.3, -0.25) is 0 Å². The molecule has 2 aromatic carbocycles. The van der Waals surface area contributed by atoms with Crippen molar-refractivity contribution in [3.63, 3.8) is 0 Å². The minimum Gasteiger partial charge on any atom is -0.457 e. The van der Waals surface area contributed by atoms with Crippen LogP contribution < -0.4 is 10.5 Å². The van der Waals surface area contributed by atoms with E-state index >= 15 is 0 Å². The fraction of sp³-hybridized carbons (Fsp3) is 0.333. The molecule has 0 unspecified atom stereocenters. The van der Waals surface area contributed by atoms with Crippen molar-refractivity contribution in [1.29, 1.82) is 0 Å². The van der Waals surface area contributed by atoms with Gasteiger partial charge in [-0.2, -0.15) is 0 Å². The molecular formula is C18H22FNO. The largest absolute Gasteiger partial charge is 0.457 e. The summed E-state index contributed by atoms with van der Waals surface area (Å²) in [5.74, 6) is 1.02. The first-order valence-corrected chi connectivity index (χ1v) is 7.23. The molecule has 112 valence electrons. The normalized spacial score (nSPS) is 11.5. The highest BCUT2D eigenvalue weighted by molar-refractivity contribution is 5.39. The maximum absolute atomic E-state index is 13.2. The fourth-order valence-corrected chi connectivity index (χ4v) is 2.11. The summed E-state index contributed by atoms with van der Waals surface area (Å²) in [6, 6.07) is 12.4. The van der Waals surface area contributed by atoms with Crippen molar-refractivity contribution < 1.29 is 9.13 Å². The third-order valence-electron chi connectivity index (χ3n) is 3.99. The van der Waals surface area contributed by atoms with Crippen molar-refractivity contribution in [2.75, 3.05) is 0 Å². The highest BCUT2D eigenvalue weighted by Gasteiger charge is 2.17. The average Bonchev–Trinajstić information content (AvgIpc) is 2.49. The Morgan fingerprint density at radius 1 is 1.10 bits per heavy atom. The average molecular weight is 287 g/mol. The van der Waals surface area contributed by atoms with Crippen LogP contribution in [0.2, 0.25) is 0 Å². The molecule has 0 radical (unpaired) electrons. The van der Waals surface area contributed by atoms with Crippen LogP contribution in [0.1, 0.15) is 38.3 Å². The van der Waals surface area contributed by atoms with Gasteiger partial charge in [0.1, 0.15) is 17.3 Å². The Labute approximate surface area is 125 Å². The molecule has 0 spiro atoms. The van der Waals surface area contributed by atoms with Gasteiger partial charge in [-0.25, -0.2) is 4.39 Å². The summed E-state index contributed by atoms with van der Waals surface area (Å²) in [7, 11) is 0. The van der Waals surface area contributed by atoms with Crippen LogP contribution in [-0.2, 0) is 12.0 Å². The second-order valence-corrected chi connectivity index (χ2v) is 5.82. The maximum atomic E-state index is 13.2. The van der Waals surface area contributed by atoms with E-state index in [9.17, 15) is 4.39 Å². The molecule has 2 N–H and O–H groups in total. The van der Waals surface area contributed by atoms with Crippen molar-refractivity contribution in [3.05, 3.63) is 59.4 Å². The Bertz CT molecular complexity index is 605. The molecule has 21 heavy (non-hydrogen) atoms. The summed E-state index contributed by atoms with van der Waals surface area (Å²) in [5, 5.41) is 0. The predicted molar refractivity (Wildman–Crippen MR) is 84.1 cm³/mol. The fourth-order valence-electron chi connectivity index (χ4n) is 2.11. The standard InChI is InChI=1S/C18H22FNO/c1-4-18(2,3)14-5-8-16(9-6-14)21-17-10-7-15(19)11-13(17)12-20/h5-11H,4,12,20H2,1-3H3. The van der Waals surface area contributed by atoms with Gasteiger partial charge >= 0.3 is 0 Å². The van der Waals surface area contributed by atoms with E-state index in [2.05, 4.69) is 32.9 Å². The molecule has 2 aromatic rings. The van der Waals surface area contributed by atoms with Crippen molar-refractivity contribution in [2.45, 2.75) is 39.2 Å². The zero-order valence-corrected chi connectivity index (χ0v) is 12.8. The van der Waals surface area contributed by atoms with E-state index in [0.717, 1.165) is 12.2 Å². The van der Waals surface area contributed by atoms with E-state index in [4.69, 9.17) is 10.5 Å². The smallest absolute Gasteiger partial charge is 0.132 e. The monoisotopic (exact) mass is 287 g/mol. The number of halogens is 1. The van der Waals surface area contributed by atoms with Crippen LogP contribution in [0.25, 0.3) is 0 Å². The number of hydrogen-bond acceptors (Lipinski definition) is 2. The Morgan fingerprint density at radius 3 is 2.33 bits per heavy atom. The molecule has 0 aliphatic heterocycles. The molecule has 0 fully saturated rings. The molecule has 0 aliphatic carbocycles. The number of nitrogens with two attached hydrogens (primary N) is 1. The van der Waals surface area contributed by atoms with E-state index in [1.54, 1.807) is 6.07 Å². The summed E-state index contributed by atoms with van der Waals surface area (Å²) in [6.45, 7) is 6.86. The summed E-state index contributed by atoms with van der Waals surface area (Å²) < 4.78 is 19.0. The third-order valence-corrected chi connectivity index (χ3v) is 3.99. The van der Waals surface area contributed by atoms with Crippen LogP contribution in [0.3, 0.4) is 0 Å². The van der Waals surface area contributed by atoms with Crippen molar-refractivity contribution in [1.82, 2.24) is 0 Å². The zero-order valence-electron chi connectivity index (χ0n) is 12.8. The lowest BCUT2D eigenvalue weighted by molar-refractivity contribution is 0.470. The minimum absolute atomic E-state index is 0.150. The Kier molecular flexibility index (Phi) is 4.63. The van der Waals surface area contributed by atoms with E-state index < -0.39 is 0 Å². The van der Waals surface area contributed by atoms with Gasteiger partial charge in [0.05, 0.1) is 0 Å². The summed E-state index contributed by atoms with van der Waals surface area (Å²) >= 11 is 0. The highest BCUT2D eigenvalue weighted by Crippen LogP contribution is 2.30. The number of ether oxygens (including phenoxy) is 1. The second-order valence-electron chi connectivity index (χ2n) is 5.82. The first-order valence-electron chi connectivity index (χ1n) is 7.23. The molecule has 0 saturated heterocycles. The molecule has 3 heteroatoms. The van der Waals surface area contributed by atoms with Crippen LogP contribution in [0.15, 0.2) is 42.5 Å². The third kappa shape index (κ3) is 3.61. The first-order chi connectivity index (χ1) is 9.96. The van der Waals surface area contributed by atoms with E-state index in [0.29, 0.717) is 11.3 Å². The van der Waals surface area contributed by atoms with Gasteiger partial charge in [0.15, 0.2) is 0 Å². The van der Waals surface area contributed by atoms with Crippen LogP contribution in [-0.4, -0.2) is 0 Å². The Balaban J connectivity index is 2.21. The zero-order chi connectivity index (χ0) is 15.5. The quantitative estimate of drug-likeness (QED) is 0.860. The molecule has 0 amide bonds. The SMILES string of the molecule is CCC(C)(C)c1ccc(Oc2ccc(F)cc2CN)cc1. The molecule has 0 bridgehead atoms. The Morgan fingerprint density at radius 2 is 1.76 bits per heavy atom. The van der Waals surface area contributed by atoms with Gasteiger partial charge < -0.3 is 10.5 Å². The van der Waals surface area contributed by atoms with E-state index in [1.807, 2.05) is 12.1 Å². The van der Waals surface area contributed by atoms with Crippen LogP contribution in [0.4, 0.5) is 4.39 Å². The van der Waals surface area contributed by atoms with Crippen LogP contribution >= 0.6 is 0 Å². The molecule has 2 nitrogen and oxygen atoms in total. The number of benzene rings is 2. The van der Waals surface area contributed by atoms with Crippen molar-refractivity contribution in [2.24, 2.45) is 5.73 Å². The number of hydrogen-bond donors (Lipinski definition) is 1. The van der Waals surface area contributed by atoms with Gasteiger partial charge in [0.25, 0.3) is 0 Å². The maximum Gasteiger partial charge on any atom is 0.132 e. The van der Waals surface area contributed by atoms with Crippen molar-refractivity contribution in [3.8, 4) is 11.5 Å². The van der Waals surface area contributed by atoms with E-state index in [1.165, 1.54) is 17.7 Å². The lowest BCUT2D eigenvalue weighted by Gasteiger charge is -2.23. The van der Waals surface area contributed by atoms with E-state index in [-0.39, 0.29) is 17.8 Å². The topological polar surface area (TPSA) is 35.2 Å². The van der Waals surface area contributed by atoms with Gasteiger partial charge in [-0.1, -0.05) is 32.9 Å². The lowest BCUT2D eigenvalue weighted by atomic mass is 9.82. The molecule has 2 rings (SSSR count). The van der Waals surface area contributed by atoms with Gasteiger partial charge in [-0.05, 0) is 47.7 Å². The minimum atomic E-state index is -0.303. The highest BCUT2D eigenvalue weighted by atomic mass is 19.1. The molecule has 0 aromatic heterocycles. The molecule has 0 heterocycles. The molecule has 0 saturated carbocycles. The summed E-state index contributed by atoms with van der Waals surface area (Å²) in [5.41, 5.74) is 7.71. The Hall–Kier alpha value is -1.87. The van der Waals surface area contributed by atoms with Crippen LogP contribution in [0.5, 0.6) is 11.5 Å².